The highest BCUT2D eigenvalue weighted by atomic mass is 35.5. The van der Waals surface area contributed by atoms with Gasteiger partial charge in [-0.3, -0.25) is 0 Å². The molecule has 1 N–H and O–H groups in total. The number of ether oxygens (including phenoxy) is 2. The molecule has 7 heteroatoms. The number of rotatable bonds is 3. The number of nitrogens with zero attached hydrogens (tertiary/aromatic N) is 2. The topological polar surface area (TPSA) is 62.2 Å². The van der Waals surface area contributed by atoms with Gasteiger partial charge in [-0.15, -0.1) is 0 Å². The van der Waals surface area contributed by atoms with Crippen LogP contribution in [-0.2, 0) is 9.53 Å². The highest BCUT2D eigenvalue weighted by Gasteiger charge is 2.36. The van der Waals surface area contributed by atoms with Crippen LogP contribution in [0, 0.1) is 0 Å². The van der Waals surface area contributed by atoms with Crippen molar-refractivity contribution in [2.24, 2.45) is 0 Å². The summed E-state index contributed by atoms with van der Waals surface area (Å²) in [5.41, 5.74) is 1.49. The molecule has 118 valence electrons. The third-order valence-corrected chi connectivity index (χ3v) is 4.26. The molecule has 6 nitrogen and oxygen atoms in total. The molecule has 0 amide bonds. The van der Waals surface area contributed by atoms with Gasteiger partial charge in [0.25, 0.3) is 0 Å². The van der Waals surface area contributed by atoms with E-state index >= 15 is 0 Å². The number of piperazine rings is 1. The van der Waals surface area contributed by atoms with Crippen molar-refractivity contribution < 1.29 is 19.4 Å². The number of benzene rings is 1. The zero-order chi connectivity index (χ0) is 15.7. The van der Waals surface area contributed by atoms with Crippen molar-refractivity contribution >= 4 is 23.3 Å². The van der Waals surface area contributed by atoms with Crippen LogP contribution in [0.15, 0.2) is 35.0 Å². The van der Waals surface area contributed by atoms with Crippen LogP contribution in [0.3, 0.4) is 0 Å². The van der Waals surface area contributed by atoms with Crippen molar-refractivity contribution in [1.29, 1.82) is 0 Å². The molecular formula is C15H17ClN2O4. The fraction of sp³-hybridized carbons (Fsp3) is 0.400. The molecule has 1 saturated heterocycles. The summed E-state index contributed by atoms with van der Waals surface area (Å²) in [6, 6.07) is 7.87. The van der Waals surface area contributed by atoms with Gasteiger partial charge in [-0.2, -0.15) is 0 Å². The smallest absolute Gasteiger partial charge is 0.354 e. The Labute approximate surface area is 133 Å². The minimum absolute atomic E-state index is 0.0228. The van der Waals surface area contributed by atoms with E-state index in [4.69, 9.17) is 21.1 Å². The monoisotopic (exact) mass is 324 g/mol. The minimum atomic E-state index is -1.26. The fourth-order valence-corrected chi connectivity index (χ4v) is 2.97. The highest BCUT2D eigenvalue weighted by Crippen LogP contribution is 2.29. The first-order valence-corrected chi connectivity index (χ1v) is 7.40. The number of carbonyl (C=O) groups is 1. The summed E-state index contributed by atoms with van der Waals surface area (Å²) in [5.74, 6) is 0.158. The normalized spacial score (nSPS) is 22.1. The summed E-state index contributed by atoms with van der Waals surface area (Å²) < 4.78 is 9.87. The molecule has 1 fully saturated rings. The van der Waals surface area contributed by atoms with E-state index in [1.54, 1.807) is 7.11 Å². The van der Waals surface area contributed by atoms with Gasteiger partial charge >= 0.3 is 5.97 Å². The van der Waals surface area contributed by atoms with Crippen LogP contribution in [0.2, 0.25) is 0 Å². The Morgan fingerprint density at radius 1 is 1.18 bits per heavy atom. The quantitative estimate of drug-likeness (QED) is 0.841. The molecular weight excluding hydrogens is 308 g/mol. The molecule has 1 unspecified atom stereocenters. The summed E-state index contributed by atoms with van der Waals surface area (Å²) in [6.07, 6.45) is -1.26. The molecule has 0 aliphatic carbocycles. The SMILES string of the molecule is COc1ccc(N2CCN(C3=C(Cl)C(=O)OC3O)CC2)cc1. The van der Waals surface area contributed by atoms with Gasteiger partial charge in [0, 0.05) is 31.9 Å². The van der Waals surface area contributed by atoms with Crippen molar-refractivity contribution in [3.8, 4) is 5.75 Å². The Morgan fingerprint density at radius 3 is 2.27 bits per heavy atom. The van der Waals surface area contributed by atoms with E-state index in [2.05, 4.69) is 4.90 Å². The number of methoxy groups -OCH3 is 1. The largest absolute Gasteiger partial charge is 0.497 e. The van der Waals surface area contributed by atoms with E-state index in [0.29, 0.717) is 18.8 Å². The summed E-state index contributed by atoms with van der Waals surface area (Å²) in [5, 5.41) is 9.75. The molecule has 0 saturated carbocycles. The zero-order valence-corrected chi connectivity index (χ0v) is 12.9. The number of carbonyl (C=O) groups excluding carboxylic acids is 1. The lowest BCUT2D eigenvalue weighted by Gasteiger charge is -2.38. The zero-order valence-electron chi connectivity index (χ0n) is 12.2. The average molecular weight is 325 g/mol. The van der Waals surface area contributed by atoms with Crippen molar-refractivity contribution in [2.45, 2.75) is 6.29 Å². The Morgan fingerprint density at radius 2 is 1.77 bits per heavy atom. The van der Waals surface area contributed by atoms with E-state index in [9.17, 15) is 9.90 Å². The Kier molecular flexibility index (Phi) is 4.13. The maximum Gasteiger partial charge on any atom is 0.354 e. The molecule has 1 aromatic rings. The Balaban J connectivity index is 1.66. The third-order valence-electron chi connectivity index (χ3n) is 3.91. The van der Waals surface area contributed by atoms with Gasteiger partial charge in [0.1, 0.15) is 11.4 Å². The first kappa shape index (κ1) is 15.0. The Bertz CT molecular complexity index is 594. The second-order valence-electron chi connectivity index (χ2n) is 5.13. The molecule has 0 spiro atoms. The standard InChI is InChI=1S/C15H17ClN2O4/c1-21-11-4-2-10(3-5-11)17-6-8-18(9-7-17)13-12(16)14(19)22-15(13)20/h2-5,15,20H,6-9H2,1H3. The molecule has 22 heavy (non-hydrogen) atoms. The van der Waals surface area contributed by atoms with Crippen LogP contribution in [0.1, 0.15) is 0 Å². The summed E-state index contributed by atoms with van der Waals surface area (Å²) in [6.45, 7) is 2.85. The second kappa shape index (κ2) is 6.06. The minimum Gasteiger partial charge on any atom is -0.497 e. The molecule has 1 aromatic carbocycles. The number of cyclic esters (lactones) is 1. The predicted molar refractivity (Wildman–Crippen MR) is 81.8 cm³/mol. The lowest BCUT2D eigenvalue weighted by Crippen LogP contribution is -2.47. The second-order valence-corrected chi connectivity index (χ2v) is 5.51. The third kappa shape index (κ3) is 2.71. The summed E-state index contributed by atoms with van der Waals surface area (Å²) in [4.78, 5) is 15.5. The number of aliphatic hydroxyl groups excluding tert-OH is 1. The van der Waals surface area contributed by atoms with Crippen LogP contribution in [-0.4, -0.2) is 55.6 Å². The van der Waals surface area contributed by atoms with Gasteiger partial charge in [0.05, 0.1) is 7.11 Å². The highest BCUT2D eigenvalue weighted by molar-refractivity contribution is 6.42. The average Bonchev–Trinajstić information content (AvgIpc) is 2.80. The lowest BCUT2D eigenvalue weighted by atomic mass is 10.2. The predicted octanol–water partition coefficient (Wildman–Crippen LogP) is 1.14. The van der Waals surface area contributed by atoms with Gasteiger partial charge in [-0.05, 0) is 24.3 Å². The van der Waals surface area contributed by atoms with Crippen LogP contribution < -0.4 is 9.64 Å². The van der Waals surface area contributed by atoms with Gasteiger partial charge in [0.2, 0.25) is 6.29 Å². The number of esters is 1. The van der Waals surface area contributed by atoms with Crippen molar-refractivity contribution in [2.75, 3.05) is 38.2 Å². The number of hydrogen-bond donors (Lipinski definition) is 1. The lowest BCUT2D eigenvalue weighted by molar-refractivity contribution is -0.152. The first-order chi connectivity index (χ1) is 10.6. The van der Waals surface area contributed by atoms with Crippen molar-refractivity contribution in [1.82, 2.24) is 4.90 Å². The van der Waals surface area contributed by atoms with Crippen LogP contribution in [0.4, 0.5) is 5.69 Å². The maximum atomic E-state index is 11.4. The van der Waals surface area contributed by atoms with E-state index < -0.39 is 12.3 Å². The van der Waals surface area contributed by atoms with Gasteiger partial charge in [-0.1, -0.05) is 11.6 Å². The number of hydrogen-bond acceptors (Lipinski definition) is 6. The van der Waals surface area contributed by atoms with Gasteiger partial charge in [-0.25, -0.2) is 4.79 Å². The van der Waals surface area contributed by atoms with Crippen molar-refractivity contribution in [3.05, 3.63) is 35.0 Å². The van der Waals surface area contributed by atoms with Crippen LogP contribution >= 0.6 is 11.6 Å². The Hall–Kier alpha value is -1.92. The molecule has 0 aromatic heterocycles. The van der Waals surface area contributed by atoms with E-state index in [1.165, 1.54) is 0 Å². The van der Waals surface area contributed by atoms with Gasteiger partial charge < -0.3 is 24.4 Å². The fourth-order valence-electron chi connectivity index (χ4n) is 2.72. The summed E-state index contributed by atoms with van der Waals surface area (Å²) >= 11 is 5.92. The molecule has 3 rings (SSSR count). The van der Waals surface area contributed by atoms with Crippen molar-refractivity contribution in [3.63, 3.8) is 0 Å². The number of anilines is 1. The maximum absolute atomic E-state index is 11.4. The molecule has 0 radical (unpaired) electrons. The van der Waals surface area contributed by atoms with E-state index in [-0.39, 0.29) is 5.03 Å². The molecule has 0 bridgehead atoms. The molecule has 2 aliphatic rings. The van der Waals surface area contributed by atoms with E-state index in [1.807, 2.05) is 29.2 Å². The van der Waals surface area contributed by atoms with Crippen LogP contribution in [0.5, 0.6) is 5.75 Å². The first-order valence-electron chi connectivity index (χ1n) is 7.03. The molecule has 2 aliphatic heterocycles. The molecule has 1 atom stereocenters. The van der Waals surface area contributed by atoms with Gasteiger partial charge in [0.15, 0.2) is 5.03 Å². The van der Waals surface area contributed by atoms with Crippen LogP contribution in [0.25, 0.3) is 0 Å². The summed E-state index contributed by atoms with van der Waals surface area (Å²) in [7, 11) is 1.64. The number of aliphatic hydroxyl groups is 1. The van der Waals surface area contributed by atoms with E-state index in [0.717, 1.165) is 24.5 Å². The number of halogens is 1. The molecule has 2 heterocycles.